The largest absolute Gasteiger partial charge is 0.501 e. The van der Waals surface area contributed by atoms with Crippen molar-refractivity contribution in [3.05, 3.63) is 45.1 Å². The van der Waals surface area contributed by atoms with Crippen LogP contribution in [0.1, 0.15) is 37.8 Å². The first-order valence-electron chi connectivity index (χ1n) is 6.71. The Morgan fingerprint density at radius 2 is 2.32 bits per heavy atom. The summed E-state index contributed by atoms with van der Waals surface area (Å²) in [5.74, 6) is 0. The van der Waals surface area contributed by atoms with Crippen LogP contribution in [0, 0.1) is 0 Å². The van der Waals surface area contributed by atoms with Crippen molar-refractivity contribution in [2.75, 3.05) is 13.2 Å². The predicted molar refractivity (Wildman–Crippen MR) is 83.5 cm³/mol. The lowest BCUT2D eigenvalue weighted by atomic mass is 9.95. The van der Waals surface area contributed by atoms with Gasteiger partial charge in [0.15, 0.2) is 0 Å². The maximum Gasteiger partial charge on any atom is 0.0876 e. The number of rotatable bonds is 5. The van der Waals surface area contributed by atoms with Crippen LogP contribution in [0.4, 0.5) is 0 Å². The Kier molecular flexibility index (Phi) is 5.74. The van der Waals surface area contributed by atoms with Crippen LogP contribution in [-0.2, 0) is 4.74 Å². The van der Waals surface area contributed by atoms with E-state index in [1.807, 2.05) is 18.4 Å². The molecule has 2 rings (SSSR count). The minimum atomic E-state index is 0.201. The second-order valence-corrected chi connectivity index (χ2v) is 6.01. The van der Waals surface area contributed by atoms with Crippen LogP contribution in [-0.4, -0.2) is 13.2 Å². The fourth-order valence-corrected chi connectivity index (χ4v) is 3.17. The molecular formula is C15H19BrClNO. The van der Waals surface area contributed by atoms with Crippen LogP contribution >= 0.6 is 27.5 Å². The maximum atomic E-state index is 6.02. The van der Waals surface area contributed by atoms with Crippen molar-refractivity contribution in [3.8, 4) is 0 Å². The molecule has 0 spiro atoms. The van der Waals surface area contributed by atoms with E-state index in [0.717, 1.165) is 41.9 Å². The molecule has 1 aromatic carbocycles. The Balaban J connectivity index is 2.27. The Bertz CT molecular complexity index is 461. The Morgan fingerprint density at radius 1 is 1.47 bits per heavy atom. The lowest BCUT2D eigenvalue weighted by molar-refractivity contribution is 0.219. The van der Waals surface area contributed by atoms with Gasteiger partial charge in [-0.05, 0) is 49.1 Å². The molecule has 0 fully saturated rings. The first-order chi connectivity index (χ1) is 9.22. The Labute approximate surface area is 128 Å². The zero-order valence-corrected chi connectivity index (χ0v) is 13.4. The highest BCUT2D eigenvalue weighted by Gasteiger charge is 2.20. The van der Waals surface area contributed by atoms with Crippen molar-refractivity contribution in [3.63, 3.8) is 0 Å². The lowest BCUT2D eigenvalue weighted by Crippen LogP contribution is -2.25. The zero-order valence-electron chi connectivity index (χ0n) is 11.1. The molecule has 0 saturated heterocycles. The summed E-state index contributed by atoms with van der Waals surface area (Å²) in [5.41, 5.74) is 2.53. The summed E-state index contributed by atoms with van der Waals surface area (Å²) in [6.45, 7) is 3.98. The summed E-state index contributed by atoms with van der Waals surface area (Å²) in [6.07, 6.45) is 5.19. The normalized spacial score (nSPS) is 16.7. The number of benzene rings is 1. The molecule has 1 aliphatic heterocycles. The van der Waals surface area contributed by atoms with Gasteiger partial charge in [-0.15, -0.1) is 0 Å². The van der Waals surface area contributed by atoms with E-state index in [1.165, 1.54) is 11.1 Å². The molecular weight excluding hydrogens is 326 g/mol. The van der Waals surface area contributed by atoms with E-state index >= 15 is 0 Å². The summed E-state index contributed by atoms with van der Waals surface area (Å²) in [7, 11) is 0. The van der Waals surface area contributed by atoms with Gasteiger partial charge in [-0.1, -0.05) is 40.5 Å². The van der Waals surface area contributed by atoms with Crippen LogP contribution in [0.5, 0.6) is 0 Å². The minimum absolute atomic E-state index is 0.201. The fourth-order valence-electron chi connectivity index (χ4n) is 2.26. The van der Waals surface area contributed by atoms with E-state index in [9.17, 15) is 0 Å². The van der Waals surface area contributed by atoms with Gasteiger partial charge < -0.3 is 10.1 Å². The molecule has 0 saturated carbocycles. The van der Waals surface area contributed by atoms with Gasteiger partial charge in [0.1, 0.15) is 0 Å². The molecule has 1 N–H and O–H groups in total. The second-order valence-electron chi connectivity index (χ2n) is 4.72. The van der Waals surface area contributed by atoms with Crippen LogP contribution < -0.4 is 5.32 Å². The van der Waals surface area contributed by atoms with Gasteiger partial charge in [0.25, 0.3) is 0 Å². The summed E-state index contributed by atoms with van der Waals surface area (Å²) in [5, 5.41) is 4.34. The van der Waals surface area contributed by atoms with Crippen molar-refractivity contribution in [1.82, 2.24) is 5.32 Å². The van der Waals surface area contributed by atoms with Gasteiger partial charge in [0.2, 0.25) is 0 Å². The van der Waals surface area contributed by atoms with Crippen LogP contribution in [0.2, 0.25) is 5.02 Å². The average molecular weight is 345 g/mol. The SMILES string of the molecule is CCCNC(C1=COCCC1)c1ccc(Cl)cc1Br. The summed E-state index contributed by atoms with van der Waals surface area (Å²) in [6, 6.07) is 6.16. The van der Waals surface area contributed by atoms with E-state index in [4.69, 9.17) is 16.3 Å². The summed E-state index contributed by atoms with van der Waals surface area (Å²) in [4.78, 5) is 0. The standard InChI is InChI=1S/C15H19BrClNO/c1-2-7-18-15(11-4-3-8-19-10-11)13-6-5-12(17)9-14(13)16/h5-6,9-10,15,18H,2-4,7-8H2,1H3. The van der Waals surface area contributed by atoms with E-state index in [1.54, 1.807) is 0 Å². The Morgan fingerprint density at radius 3 is 2.95 bits per heavy atom. The third-order valence-corrected chi connectivity index (χ3v) is 4.13. The molecule has 2 nitrogen and oxygen atoms in total. The highest BCUT2D eigenvalue weighted by atomic mass is 79.9. The van der Waals surface area contributed by atoms with Gasteiger partial charge in [-0.3, -0.25) is 0 Å². The molecule has 19 heavy (non-hydrogen) atoms. The van der Waals surface area contributed by atoms with E-state index in [-0.39, 0.29) is 6.04 Å². The van der Waals surface area contributed by atoms with Crippen LogP contribution in [0.3, 0.4) is 0 Å². The third kappa shape index (κ3) is 3.98. The molecule has 1 aliphatic rings. The van der Waals surface area contributed by atoms with Crippen LogP contribution in [0.15, 0.2) is 34.5 Å². The van der Waals surface area contributed by atoms with E-state index in [2.05, 4.69) is 34.2 Å². The van der Waals surface area contributed by atoms with E-state index < -0.39 is 0 Å². The van der Waals surface area contributed by atoms with Crippen molar-refractivity contribution in [1.29, 1.82) is 0 Å². The zero-order chi connectivity index (χ0) is 13.7. The highest BCUT2D eigenvalue weighted by molar-refractivity contribution is 9.10. The summed E-state index contributed by atoms with van der Waals surface area (Å²) >= 11 is 9.64. The smallest absolute Gasteiger partial charge is 0.0876 e. The number of halogens is 2. The number of hydrogen-bond donors (Lipinski definition) is 1. The number of ether oxygens (including phenoxy) is 1. The molecule has 0 aromatic heterocycles. The average Bonchev–Trinajstić information content (AvgIpc) is 2.42. The first-order valence-corrected chi connectivity index (χ1v) is 7.88. The van der Waals surface area contributed by atoms with Crippen molar-refractivity contribution in [2.45, 2.75) is 32.2 Å². The molecule has 1 atom stereocenters. The van der Waals surface area contributed by atoms with Crippen molar-refractivity contribution in [2.24, 2.45) is 0 Å². The first kappa shape index (κ1) is 14.9. The van der Waals surface area contributed by atoms with Gasteiger partial charge in [-0.25, -0.2) is 0 Å². The molecule has 1 aromatic rings. The monoisotopic (exact) mass is 343 g/mol. The minimum Gasteiger partial charge on any atom is -0.501 e. The molecule has 4 heteroatoms. The fraction of sp³-hybridized carbons (Fsp3) is 0.467. The Hall–Kier alpha value is -0.510. The second kappa shape index (κ2) is 7.32. The van der Waals surface area contributed by atoms with Gasteiger partial charge in [-0.2, -0.15) is 0 Å². The van der Waals surface area contributed by atoms with Gasteiger partial charge in [0, 0.05) is 9.50 Å². The number of nitrogens with one attached hydrogen (secondary N) is 1. The molecule has 0 aliphatic carbocycles. The van der Waals surface area contributed by atoms with Crippen molar-refractivity contribution < 1.29 is 4.74 Å². The van der Waals surface area contributed by atoms with Crippen molar-refractivity contribution >= 4 is 27.5 Å². The molecule has 0 radical (unpaired) electrons. The lowest BCUT2D eigenvalue weighted by Gasteiger charge is -2.25. The summed E-state index contributed by atoms with van der Waals surface area (Å²) < 4.78 is 6.53. The van der Waals surface area contributed by atoms with Gasteiger partial charge in [0.05, 0.1) is 18.9 Å². The van der Waals surface area contributed by atoms with E-state index in [0.29, 0.717) is 0 Å². The third-order valence-electron chi connectivity index (χ3n) is 3.21. The van der Waals surface area contributed by atoms with Crippen LogP contribution in [0.25, 0.3) is 0 Å². The quantitative estimate of drug-likeness (QED) is 0.825. The topological polar surface area (TPSA) is 21.3 Å². The predicted octanol–water partition coefficient (Wildman–Crippen LogP) is 4.84. The molecule has 0 amide bonds. The highest BCUT2D eigenvalue weighted by Crippen LogP contribution is 2.33. The molecule has 104 valence electrons. The van der Waals surface area contributed by atoms with Gasteiger partial charge >= 0.3 is 0 Å². The number of hydrogen-bond acceptors (Lipinski definition) is 2. The molecule has 1 heterocycles. The molecule has 1 unspecified atom stereocenters. The maximum absolute atomic E-state index is 6.02. The molecule has 0 bridgehead atoms.